The fourth-order valence-electron chi connectivity index (χ4n) is 0.725. The smallest absolute Gasteiger partial charge is 0.106 e. The zero-order valence-electron chi connectivity index (χ0n) is 5.78. The summed E-state index contributed by atoms with van der Waals surface area (Å²) in [5, 5.41) is 6.63. The largest absolute Gasteiger partial charge is 0.357 e. The molecule has 1 rings (SSSR count). The molecule has 0 bridgehead atoms. The molecule has 0 spiro atoms. The lowest BCUT2D eigenvalue weighted by molar-refractivity contribution is 0.927. The van der Waals surface area contributed by atoms with Crippen LogP contribution in [0, 0.1) is 5.41 Å². The molecule has 0 unspecified atom stereocenters. The lowest BCUT2D eigenvalue weighted by atomic mass is 10.4. The number of nitrogens with one attached hydrogen (secondary N) is 1. The summed E-state index contributed by atoms with van der Waals surface area (Å²) in [6, 6.07) is 1.94. The van der Waals surface area contributed by atoms with Gasteiger partial charge in [-0.3, -0.25) is 5.41 Å². The summed E-state index contributed by atoms with van der Waals surface area (Å²) in [7, 11) is 1.95. The van der Waals surface area contributed by atoms with E-state index >= 15 is 0 Å². The summed E-state index contributed by atoms with van der Waals surface area (Å²) < 4.78 is 1.94. The molecule has 1 N–H and O–H groups in total. The summed E-state index contributed by atoms with van der Waals surface area (Å²) in [5.74, 6) is 0. The van der Waals surface area contributed by atoms with E-state index in [0.29, 0.717) is 0 Å². The minimum Gasteiger partial charge on any atom is -0.357 e. The van der Waals surface area contributed by atoms with E-state index in [2.05, 4.69) is 4.99 Å². The zero-order valence-corrected chi connectivity index (χ0v) is 5.78. The van der Waals surface area contributed by atoms with Crippen molar-refractivity contribution in [1.82, 2.24) is 4.57 Å². The Morgan fingerprint density at radius 2 is 2.50 bits per heavy atom. The number of aryl methyl sites for hydroxylation is 1. The third-order valence-electron chi connectivity index (χ3n) is 1.15. The van der Waals surface area contributed by atoms with E-state index in [0.717, 1.165) is 11.9 Å². The molecule has 0 aliphatic rings. The fourth-order valence-corrected chi connectivity index (χ4v) is 0.725. The molecule has 0 fully saturated rings. The van der Waals surface area contributed by atoms with Crippen LogP contribution >= 0.6 is 0 Å². The molecule has 0 aliphatic carbocycles. The van der Waals surface area contributed by atoms with Gasteiger partial charge in [-0.1, -0.05) is 0 Å². The highest BCUT2D eigenvalue weighted by atomic mass is 14.9. The van der Waals surface area contributed by atoms with E-state index < -0.39 is 0 Å². The maximum atomic E-state index is 6.63. The molecule has 0 saturated heterocycles. The van der Waals surface area contributed by atoms with Crippen LogP contribution in [-0.4, -0.2) is 17.1 Å². The second-order valence-corrected chi connectivity index (χ2v) is 2.02. The molecule has 1 aromatic heterocycles. The van der Waals surface area contributed by atoms with Gasteiger partial charge >= 0.3 is 0 Å². The fraction of sp³-hybridized carbons (Fsp3) is 0.143. The van der Waals surface area contributed by atoms with Gasteiger partial charge in [0.05, 0.1) is 0 Å². The van der Waals surface area contributed by atoms with Gasteiger partial charge in [0, 0.05) is 31.2 Å². The highest BCUT2D eigenvalue weighted by Gasteiger charge is 1.86. The van der Waals surface area contributed by atoms with Crippen LogP contribution < -0.4 is 0 Å². The Balaban J connectivity index is 2.75. The van der Waals surface area contributed by atoms with E-state index in [9.17, 15) is 0 Å². The quantitative estimate of drug-likeness (QED) is 0.465. The van der Waals surface area contributed by atoms with Gasteiger partial charge in [-0.25, -0.2) is 4.99 Å². The summed E-state index contributed by atoms with van der Waals surface area (Å²) in [4.78, 5) is 3.66. The summed E-state index contributed by atoms with van der Waals surface area (Å²) in [6.07, 6.45) is 6.54. The molecule has 1 aromatic rings. The maximum Gasteiger partial charge on any atom is 0.106 e. The lowest BCUT2D eigenvalue weighted by Crippen LogP contribution is -1.79. The van der Waals surface area contributed by atoms with Crippen LogP contribution in [0.25, 0.3) is 0 Å². The summed E-state index contributed by atoms with van der Waals surface area (Å²) in [6.45, 7) is 0. The zero-order chi connectivity index (χ0) is 7.40. The highest BCUT2D eigenvalue weighted by molar-refractivity contribution is 5.84. The molecule has 0 saturated carbocycles. The van der Waals surface area contributed by atoms with E-state index in [-0.39, 0.29) is 0 Å². The standard InChI is InChI=1S/C7H9N3/c1-10-3-2-7(5-10)4-9-6-8/h2-6,8H,1H3. The second kappa shape index (κ2) is 2.96. The average Bonchev–Trinajstić information content (AvgIpc) is 2.31. The van der Waals surface area contributed by atoms with Crippen LogP contribution in [0.15, 0.2) is 23.5 Å². The predicted molar refractivity (Wildman–Crippen MR) is 41.8 cm³/mol. The number of hydrogen-bond acceptors (Lipinski definition) is 1. The van der Waals surface area contributed by atoms with Crippen LogP contribution in [-0.2, 0) is 7.05 Å². The van der Waals surface area contributed by atoms with Gasteiger partial charge in [0.15, 0.2) is 0 Å². The van der Waals surface area contributed by atoms with Gasteiger partial charge in [0.25, 0.3) is 0 Å². The third-order valence-corrected chi connectivity index (χ3v) is 1.15. The second-order valence-electron chi connectivity index (χ2n) is 2.02. The normalized spacial score (nSPS) is 10.5. The third kappa shape index (κ3) is 1.55. The number of aromatic nitrogens is 1. The van der Waals surface area contributed by atoms with Crippen LogP contribution in [0.2, 0.25) is 0 Å². The van der Waals surface area contributed by atoms with E-state index in [4.69, 9.17) is 5.41 Å². The van der Waals surface area contributed by atoms with Crippen molar-refractivity contribution in [3.63, 3.8) is 0 Å². The molecule has 10 heavy (non-hydrogen) atoms. The Kier molecular flexibility index (Phi) is 1.99. The highest BCUT2D eigenvalue weighted by Crippen LogP contribution is 1.94. The molecule has 0 amide bonds. The molecular formula is C7H9N3. The number of hydrogen-bond donors (Lipinski definition) is 1. The van der Waals surface area contributed by atoms with Crippen LogP contribution in [0.1, 0.15) is 5.56 Å². The van der Waals surface area contributed by atoms with Gasteiger partial charge in [0.2, 0.25) is 0 Å². The minimum absolute atomic E-state index is 1.02. The molecule has 3 nitrogen and oxygen atoms in total. The topological polar surface area (TPSA) is 41.1 Å². The van der Waals surface area contributed by atoms with Crippen molar-refractivity contribution in [2.45, 2.75) is 0 Å². The van der Waals surface area contributed by atoms with Gasteiger partial charge in [-0.2, -0.15) is 0 Å². The first-order valence-electron chi connectivity index (χ1n) is 2.97. The van der Waals surface area contributed by atoms with Crippen molar-refractivity contribution in [2.24, 2.45) is 12.0 Å². The van der Waals surface area contributed by atoms with Gasteiger partial charge in [-0.15, -0.1) is 0 Å². The molecule has 3 heteroatoms. The van der Waals surface area contributed by atoms with Crippen LogP contribution in [0.3, 0.4) is 0 Å². The molecule has 52 valence electrons. The SMILES string of the molecule is Cn1ccc(C=NC=N)c1. The minimum atomic E-state index is 1.02. The first-order valence-corrected chi connectivity index (χ1v) is 2.97. The molecule has 0 radical (unpaired) electrons. The van der Waals surface area contributed by atoms with Crippen molar-refractivity contribution >= 4 is 12.6 Å². The first-order chi connectivity index (χ1) is 4.83. The Bertz CT molecular complexity index is 247. The Morgan fingerprint density at radius 3 is 3.00 bits per heavy atom. The average molecular weight is 135 g/mol. The molecule has 1 heterocycles. The number of nitrogens with zero attached hydrogens (tertiary/aromatic N) is 2. The van der Waals surface area contributed by atoms with Crippen molar-refractivity contribution in [3.8, 4) is 0 Å². The van der Waals surface area contributed by atoms with Crippen molar-refractivity contribution in [1.29, 1.82) is 5.41 Å². The Labute approximate surface area is 59.5 Å². The number of rotatable bonds is 2. The van der Waals surface area contributed by atoms with Gasteiger partial charge in [-0.05, 0) is 6.07 Å². The van der Waals surface area contributed by atoms with E-state index in [1.54, 1.807) is 6.21 Å². The molecule has 0 aliphatic heterocycles. The van der Waals surface area contributed by atoms with Gasteiger partial charge < -0.3 is 4.57 Å². The Hall–Kier alpha value is -1.38. The van der Waals surface area contributed by atoms with Crippen molar-refractivity contribution < 1.29 is 0 Å². The van der Waals surface area contributed by atoms with Gasteiger partial charge in [0.1, 0.15) is 6.34 Å². The predicted octanol–water partition coefficient (Wildman–Crippen LogP) is 1.05. The lowest BCUT2D eigenvalue weighted by Gasteiger charge is -1.82. The first kappa shape index (κ1) is 6.74. The molecule has 0 aromatic carbocycles. The van der Waals surface area contributed by atoms with Crippen molar-refractivity contribution in [2.75, 3.05) is 0 Å². The molecular weight excluding hydrogens is 126 g/mol. The van der Waals surface area contributed by atoms with E-state index in [1.807, 2.05) is 30.1 Å². The number of aliphatic imine (C=N–C) groups is 1. The monoisotopic (exact) mass is 135 g/mol. The maximum absolute atomic E-state index is 6.63. The van der Waals surface area contributed by atoms with Crippen LogP contribution in [0.5, 0.6) is 0 Å². The summed E-state index contributed by atoms with van der Waals surface area (Å²) >= 11 is 0. The van der Waals surface area contributed by atoms with Crippen molar-refractivity contribution in [3.05, 3.63) is 24.0 Å². The van der Waals surface area contributed by atoms with E-state index in [1.165, 1.54) is 0 Å². The van der Waals surface area contributed by atoms with Crippen LogP contribution in [0.4, 0.5) is 0 Å². The molecule has 0 atom stereocenters. The Morgan fingerprint density at radius 1 is 1.70 bits per heavy atom. The summed E-state index contributed by atoms with van der Waals surface area (Å²) in [5.41, 5.74) is 1.02.